The number of ether oxygens (including phenoxy) is 3. The minimum atomic E-state index is -1.22. The first-order valence-corrected chi connectivity index (χ1v) is 12.5. The van der Waals surface area contributed by atoms with Crippen molar-refractivity contribution in [3.8, 4) is 0 Å². The van der Waals surface area contributed by atoms with E-state index in [9.17, 15) is 14.7 Å². The summed E-state index contributed by atoms with van der Waals surface area (Å²) in [5.74, 6) is 0. The van der Waals surface area contributed by atoms with Crippen LogP contribution < -0.4 is 11.2 Å². The first-order valence-electron chi connectivity index (χ1n) is 12.5. The predicted octanol–water partition coefficient (Wildman–Crippen LogP) is 2.88. The van der Waals surface area contributed by atoms with Crippen LogP contribution in [0.25, 0.3) is 0 Å². The summed E-state index contributed by atoms with van der Waals surface area (Å²) in [7, 11) is 0. The lowest BCUT2D eigenvalue weighted by Crippen LogP contribution is -2.48. The molecule has 38 heavy (non-hydrogen) atoms. The molecular formula is C30H28N2O6. The summed E-state index contributed by atoms with van der Waals surface area (Å²) in [5, 5.41) is 11.3. The number of H-pyrrole nitrogens is 1. The van der Waals surface area contributed by atoms with Gasteiger partial charge in [-0.2, -0.15) is 0 Å². The lowest BCUT2D eigenvalue weighted by molar-refractivity contribution is -0.204. The van der Waals surface area contributed by atoms with Crippen LogP contribution in [0.15, 0.2) is 107 Å². The van der Waals surface area contributed by atoms with Gasteiger partial charge < -0.3 is 19.3 Å². The Morgan fingerprint density at radius 2 is 1.47 bits per heavy atom. The van der Waals surface area contributed by atoms with Crippen LogP contribution >= 0.6 is 0 Å². The maximum Gasteiger partial charge on any atom is 0.330 e. The molecule has 0 aliphatic carbocycles. The molecule has 4 aromatic rings. The second-order valence-corrected chi connectivity index (χ2v) is 9.84. The van der Waals surface area contributed by atoms with E-state index in [1.54, 1.807) is 6.92 Å². The fourth-order valence-corrected chi connectivity index (χ4v) is 5.51. The molecule has 0 spiro atoms. The molecule has 3 aromatic carbocycles. The van der Waals surface area contributed by atoms with E-state index in [-0.39, 0.29) is 13.2 Å². The highest BCUT2D eigenvalue weighted by atomic mass is 16.7. The first kappa shape index (κ1) is 24.5. The Labute approximate surface area is 219 Å². The molecule has 2 fully saturated rings. The quantitative estimate of drug-likeness (QED) is 0.369. The van der Waals surface area contributed by atoms with Crippen LogP contribution in [-0.2, 0) is 19.8 Å². The number of hydrogen-bond acceptors (Lipinski definition) is 6. The second kappa shape index (κ2) is 9.49. The number of aryl methyl sites for hydroxylation is 1. The summed E-state index contributed by atoms with van der Waals surface area (Å²) in [6, 6.07) is 29.8. The molecular weight excluding hydrogens is 484 g/mol. The Bertz CT molecular complexity index is 1440. The van der Waals surface area contributed by atoms with Crippen molar-refractivity contribution in [1.82, 2.24) is 9.55 Å². The third-order valence-corrected chi connectivity index (χ3v) is 7.50. The highest BCUT2D eigenvalue weighted by Gasteiger charge is 2.63. The van der Waals surface area contributed by atoms with Crippen molar-refractivity contribution < 1.29 is 19.3 Å². The zero-order valence-corrected chi connectivity index (χ0v) is 20.8. The second-order valence-electron chi connectivity index (χ2n) is 9.84. The normalized spacial score (nSPS) is 24.5. The van der Waals surface area contributed by atoms with Crippen molar-refractivity contribution in [1.29, 1.82) is 0 Å². The Morgan fingerprint density at radius 3 is 2.00 bits per heavy atom. The number of hydrogen-bond donors (Lipinski definition) is 2. The average molecular weight is 513 g/mol. The fourth-order valence-electron chi connectivity index (χ4n) is 5.51. The highest BCUT2D eigenvalue weighted by Crippen LogP contribution is 2.47. The first-order chi connectivity index (χ1) is 18.4. The Balaban J connectivity index is 1.42. The molecule has 2 N–H and O–H groups in total. The van der Waals surface area contributed by atoms with Gasteiger partial charge in [-0.25, -0.2) is 4.79 Å². The smallest absolute Gasteiger partial charge is 0.330 e. The van der Waals surface area contributed by atoms with Gasteiger partial charge in [0.15, 0.2) is 6.23 Å². The van der Waals surface area contributed by atoms with Crippen LogP contribution in [0.5, 0.6) is 0 Å². The number of aromatic nitrogens is 2. The third-order valence-electron chi connectivity index (χ3n) is 7.50. The lowest BCUT2D eigenvalue weighted by Gasteiger charge is -2.39. The summed E-state index contributed by atoms with van der Waals surface area (Å²) in [6.07, 6.45) is -1.32. The molecule has 0 radical (unpaired) electrons. The average Bonchev–Trinajstić information content (AvgIpc) is 3.42. The number of aliphatic hydroxyl groups excluding tert-OH is 1. The van der Waals surface area contributed by atoms with Gasteiger partial charge in [0.1, 0.15) is 23.4 Å². The van der Waals surface area contributed by atoms with Gasteiger partial charge in [0.2, 0.25) is 0 Å². The molecule has 2 aliphatic rings. The van der Waals surface area contributed by atoms with Crippen LogP contribution in [0.1, 0.15) is 28.5 Å². The van der Waals surface area contributed by atoms with E-state index < -0.39 is 40.9 Å². The summed E-state index contributed by atoms with van der Waals surface area (Å²) in [6.45, 7) is 1.68. The van der Waals surface area contributed by atoms with E-state index >= 15 is 0 Å². The summed E-state index contributed by atoms with van der Waals surface area (Å²) in [5.41, 5.74) is -0.218. The van der Waals surface area contributed by atoms with Crippen molar-refractivity contribution in [2.75, 3.05) is 13.2 Å². The standard InChI is InChI=1S/C30H28N2O6/c1-20-17-32(28(35)31-26(20)34)27-24-25(33)29(38-27,18-36-24)19-37-30(21-11-5-2-6-12-21,22-13-7-3-8-14-22)23-15-9-4-10-16-23/h2-17,24-25,27,33H,18-19H2,1H3,(H,31,34,35)/t24-,25+,27-,29-/m1/s1. The number of nitrogens with zero attached hydrogens (tertiary/aromatic N) is 1. The van der Waals surface area contributed by atoms with E-state index in [2.05, 4.69) is 4.98 Å². The zero-order valence-electron chi connectivity index (χ0n) is 20.8. The van der Waals surface area contributed by atoms with Gasteiger partial charge in [-0.1, -0.05) is 91.0 Å². The summed E-state index contributed by atoms with van der Waals surface area (Å²) < 4.78 is 20.5. The SMILES string of the molecule is Cc1cn([C@@H]2O[C@@]3(COC(c4ccccc4)(c4ccccc4)c4ccccc4)CO[C@@H]2[C@@H]3O)c(=O)[nH]c1=O. The highest BCUT2D eigenvalue weighted by molar-refractivity contribution is 5.47. The fraction of sp³-hybridized carbons (Fsp3) is 0.267. The molecule has 2 bridgehead atoms. The molecule has 2 aliphatic heterocycles. The summed E-state index contributed by atoms with van der Waals surface area (Å²) >= 11 is 0. The molecule has 2 saturated heterocycles. The van der Waals surface area contributed by atoms with Crippen molar-refractivity contribution in [2.45, 2.75) is 36.6 Å². The van der Waals surface area contributed by atoms with Gasteiger partial charge >= 0.3 is 5.69 Å². The molecule has 4 atom stereocenters. The van der Waals surface area contributed by atoms with Crippen LogP contribution in [0.4, 0.5) is 0 Å². The van der Waals surface area contributed by atoms with Crippen LogP contribution in [0.3, 0.4) is 0 Å². The van der Waals surface area contributed by atoms with Crippen molar-refractivity contribution in [3.05, 3.63) is 140 Å². The third kappa shape index (κ3) is 3.85. The molecule has 0 unspecified atom stereocenters. The van der Waals surface area contributed by atoms with Gasteiger partial charge in [0.25, 0.3) is 5.56 Å². The van der Waals surface area contributed by atoms with E-state index in [4.69, 9.17) is 14.2 Å². The van der Waals surface area contributed by atoms with Crippen molar-refractivity contribution >= 4 is 0 Å². The number of aromatic amines is 1. The maximum atomic E-state index is 12.6. The number of rotatable bonds is 7. The lowest BCUT2D eigenvalue weighted by atomic mass is 9.80. The van der Waals surface area contributed by atoms with Crippen LogP contribution in [0.2, 0.25) is 0 Å². The minimum Gasteiger partial charge on any atom is -0.387 e. The van der Waals surface area contributed by atoms with E-state index in [0.717, 1.165) is 16.7 Å². The maximum absolute atomic E-state index is 12.6. The van der Waals surface area contributed by atoms with Crippen molar-refractivity contribution in [2.24, 2.45) is 0 Å². The van der Waals surface area contributed by atoms with Gasteiger partial charge in [-0.3, -0.25) is 14.3 Å². The van der Waals surface area contributed by atoms with Gasteiger partial charge in [-0.05, 0) is 23.6 Å². The molecule has 0 amide bonds. The number of aliphatic hydroxyl groups is 1. The molecule has 8 heteroatoms. The molecule has 194 valence electrons. The molecule has 3 heterocycles. The predicted molar refractivity (Wildman–Crippen MR) is 140 cm³/mol. The largest absolute Gasteiger partial charge is 0.387 e. The van der Waals surface area contributed by atoms with Crippen LogP contribution in [0, 0.1) is 6.92 Å². The number of benzene rings is 3. The van der Waals surface area contributed by atoms with Crippen molar-refractivity contribution in [3.63, 3.8) is 0 Å². The van der Waals surface area contributed by atoms with Gasteiger partial charge in [0, 0.05) is 11.8 Å². The minimum absolute atomic E-state index is 0.0169. The zero-order chi connectivity index (χ0) is 26.3. The molecule has 0 saturated carbocycles. The molecule has 6 rings (SSSR count). The number of fused-ring (bicyclic) bond motifs is 2. The Morgan fingerprint density at radius 1 is 0.947 bits per heavy atom. The van der Waals surface area contributed by atoms with E-state index in [0.29, 0.717) is 5.56 Å². The van der Waals surface area contributed by atoms with E-state index in [1.807, 2.05) is 91.0 Å². The topological polar surface area (TPSA) is 103 Å². The Kier molecular flexibility index (Phi) is 6.12. The number of nitrogens with one attached hydrogen (secondary N) is 1. The monoisotopic (exact) mass is 512 g/mol. The van der Waals surface area contributed by atoms with Gasteiger partial charge in [0.05, 0.1) is 13.2 Å². The molecule has 8 nitrogen and oxygen atoms in total. The van der Waals surface area contributed by atoms with E-state index in [1.165, 1.54) is 10.8 Å². The summed E-state index contributed by atoms with van der Waals surface area (Å²) in [4.78, 5) is 26.8. The van der Waals surface area contributed by atoms with Crippen LogP contribution in [-0.4, -0.2) is 45.7 Å². The Hall–Kier alpha value is -3.82. The molecule has 1 aromatic heterocycles. The van der Waals surface area contributed by atoms with Gasteiger partial charge in [-0.15, -0.1) is 0 Å².